The monoisotopic (exact) mass is 361 g/mol. The molecule has 0 bridgehead atoms. The average Bonchev–Trinajstić information content (AvgIpc) is 2.77. The Balaban J connectivity index is 1.98. The molecular weight excluding hydrogens is 351 g/mol. The van der Waals surface area contributed by atoms with Gasteiger partial charge < -0.3 is 0 Å². The van der Waals surface area contributed by atoms with Crippen molar-refractivity contribution in [1.29, 1.82) is 0 Å². The molecule has 2 aromatic carbocycles. The van der Waals surface area contributed by atoms with Gasteiger partial charge >= 0.3 is 136 Å². The number of carbonyl (C=O) groups is 1. The third-order valence-electron chi connectivity index (χ3n) is 3.04. The van der Waals surface area contributed by atoms with E-state index in [4.69, 9.17) is 11.6 Å². The second-order valence-electron chi connectivity index (χ2n) is 4.42. The summed E-state index contributed by atoms with van der Waals surface area (Å²) in [6.07, 6.45) is 1.70. The number of aliphatic imine (C=N–C) groups is 1. The van der Waals surface area contributed by atoms with Gasteiger partial charge in [-0.05, 0) is 0 Å². The van der Waals surface area contributed by atoms with Gasteiger partial charge in [0.25, 0.3) is 0 Å². The molecular formula is C16H10ClN2OSe. The molecule has 0 aliphatic carbocycles. The van der Waals surface area contributed by atoms with Crippen molar-refractivity contribution in [2.24, 2.45) is 4.99 Å². The van der Waals surface area contributed by atoms with E-state index in [9.17, 15) is 4.79 Å². The fourth-order valence-electron chi connectivity index (χ4n) is 2.04. The van der Waals surface area contributed by atoms with Crippen LogP contribution in [0.1, 0.15) is 5.56 Å². The molecule has 0 aromatic heterocycles. The molecule has 2 aromatic rings. The minimum absolute atomic E-state index is 0.171. The number of hydrogen-bond acceptors (Lipinski definition) is 2. The van der Waals surface area contributed by atoms with Crippen LogP contribution in [0.3, 0.4) is 0 Å². The Morgan fingerprint density at radius 3 is 2.43 bits per heavy atom. The number of benzene rings is 2. The molecule has 5 heteroatoms. The van der Waals surface area contributed by atoms with Crippen LogP contribution in [0.4, 0.5) is 5.69 Å². The van der Waals surface area contributed by atoms with Crippen molar-refractivity contribution < 1.29 is 4.79 Å². The predicted octanol–water partition coefficient (Wildman–Crippen LogP) is 3.25. The molecule has 103 valence electrons. The summed E-state index contributed by atoms with van der Waals surface area (Å²) in [5.41, 5.74) is 1.91. The van der Waals surface area contributed by atoms with Crippen LogP contribution in [0.5, 0.6) is 0 Å². The zero-order valence-electron chi connectivity index (χ0n) is 10.9. The van der Waals surface area contributed by atoms with Crippen LogP contribution in [0.2, 0.25) is 5.02 Å². The fraction of sp³-hybridized carbons (Fsp3) is 0. The average molecular weight is 361 g/mol. The number of amides is 1. The molecule has 1 aliphatic heterocycles. The Hall–Kier alpha value is -1.87. The van der Waals surface area contributed by atoms with Gasteiger partial charge in [-0.15, -0.1) is 0 Å². The van der Waals surface area contributed by atoms with Crippen molar-refractivity contribution in [3.05, 3.63) is 70.9 Å². The third kappa shape index (κ3) is 2.79. The van der Waals surface area contributed by atoms with E-state index in [-0.39, 0.29) is 5.91 Å². The van der Waals surface area contributed by atoms with Gasteiger partial charge in [-0.2, -0.15) is 0 Å². The van der Waals surface area contributed by atoms with E-state index in [2.05, 4.69) is 21.0 Å². The van der Waals surface area contributed by atoms with Crippen LogP contribution >= 0.6 is 11.6 Å². The van der Waals surface area contributed by atoms with Crippen molar-refractivity contribution in [3.8, 4) is 0 Å². The molecule has 1 aliphatic rings. The first-order valence-electron chi connectivity index (χ1n) is 6.28. The molecule has 1 heterocycles. The number of halogens is 1. The Morgan fingerprint density at radius 2 is 1.71 bits per heavy atom. The standard InChI is InChI=1S/C16H10ClN2OSe/c17-13-9-5-4-6-11(13)10-14-15(20)19(16(21)18-14)12-7-2-1-3-8-12/h1-10H. The van der Waals surface area contributed by atoms with E-state index in [1.165, 1.54) is 0 Å². The van der Waals surface area contributed by atoms with Crippen molar-refractivity contribution in [2.75, 3.05) is 4.90 Å². The molecule has 0 spiro atoms. The molecule has 1 amide bonds. The SMILES string of the molecule is O=C1C(=Cc2ccccc2Cl)N=C([Se])N1c1ccccc1. The third-order valence-corrected chi connectivity index (χ3v) is 3.96. The van der Waals surface area contributed by atoms with Crippen LogP contribution in [-0.4, -0.2) is 26.7 Å². The van der Waals surface area contributed by atoms with E-state index in [1.807, 2.05) is 48.5 Å². The second kappa shape index (κ2) is 5.86. The Labute approximate surface area is 135 Å². The van der Waals surface area contributed by atoms with Crippen molar-refractivity contribution in [2.45, 2.75) is 0 Å². The number of amidine groups is 1. The van der Waals surface area contributed by atoms with Crippen LogP contribution in [0, 0.1) is 0 Å². The summed E-state index contributed by atoms with van der Waals surface area (Å²) in [6.45, 7) is 0. The van der Waals surface area contributed by atoms with Gasteiger partial charge in [-0.25, -0.2) is 0 Å². The minimum atomic E-state index is -0.171. The first kappa shape index (κ1) is 14.1. The maximum atomic E-state index is 12.5. The number of rotatable bonds is 2. The van der Waals surface area contributed by atoms with Crippen molar-refractivity contribution in [1.82, 2.24) is 0 Å². The predicted molar refractivity (Wildman–Crippen MR) is 86.5 cm³/mol. The zero-order valence-corrected chi connectivity index (χ0v) is 13.3. The summed E-state index contributed by atoms with van der Waals surface area (Å²) in [5.74, 6) is -0.171. The van der Waals surface area contributed by atoms with E-state index in [1.54, 1.807) is 17.0 Å². The molecule has 1 radical (unpaired) electrons. The number of nitrogens with zero attached hydrogens (tertiary/aromatic N) is 2. The summed E-state index contributed by atoms with van der Waals surface area (Å²) < 4.78 is 0.532. The van der Waals surface area contributed by atoms with Gasteiger partial charge in [0.2, 0.25) is 0 Å². The Kier molecular flexibility index (Phi) is 3.93. The molecule has 0 atom stereocenters. The van der Waals surface area contributed by atoms with Gasteiger partial charge in [0.15, 0.2) is 0 Å². The molecule has 3 rings (SSSR count). The van der Waals surface area contributed by atoms with Crippen LogP contribution in [0.15, 0.2) is 65.3 Å². The number of carbonyl (C=O) groups excluding carboxylic acids is 1. The van der Waals surface area contributed by atoms with Gasteiger partial charge in [-0.1, -0.05) is 0 Å². The normalized spacial score (nSPS) is 16.4. The number of para-hydroxylation sites is 1. The van der Waals surface area contributed by atoms with Gasteiger partial charge in [0.05, 0.1) is 0 Å². The molecule has 21 heavy (non-hydrogen) atoms. The van der Waals surface area contributed by atoms with Crippen LogP contribution < -0.4 is 4.90 Å². The summed E-state index contributed by atoms with van der Waals surface area (Å²) in [5, 5.41) is 0.591. The molecule has 0 fully saturated rings. The zero-order chi connectivity index (χ0) is 14.8. The Morgan fingerprint density at radius 1 is 1.05 bits per heavy atom. The van der Waals surface area contributed by atoms with Gasteiger partial charge in [0, 0.05) is 0 Å². The summed E-state index contributed by atoms with van der Waals surface area (Å²) in [4.78, 5) is 18.4. The second-order valence-corrected chi connectivity index (χ2v) is 5.59. The quantitative estimate of drug-likeness (QED) is 0.598. The Bertz CT molecular complexity index is 756. The van der Waals surface area contributed by atoms with E-state index >= 15 is 0 Å². The van der Waals surface area contributed by atoms with E-state index < -0.39 is 0 Å². The summed E-state index contributed by atoms with van der Waals surface area (Å²) in [7, 11) is 0. The summed E-state index contributed by atoms with van der Waals surface area (Å²) >= 11 is 8.94. The molecule has 0 saturated heterocycles. The van der Waals surface area contributed by atoms with E-state index in [0.29, 0.717) is 15.5 Å². The van der Waals surface area contributed by atoms with Gasteiger partial charge in [-0.3, -0.25) is 0 Å². The summed E-state index contributed by atoms with van der Waals surface area (Å²) in [6, 6.07) is 16.7. The molecule has 0 N–H and O–H groups in total. The van der Waals surface area contributed by atoms with Gasteiger partial charge in [0.1, 0.15) is 0 Å². The first-order valence-corrected chi connectivity index (χ1v) is 7.52. The van der Waals surface area contributed by atoms with Crippen LogP contribution in [0.25, 0.3) is 6.08 Å². The maximum absolute atomic E-state index is 12.5. The molecule has 0 saturated carbocycles. The number of anilines is 1. The molecule has 0 unspecified atom stereocenters. The van der Waals surface area contributed by atoms with Crippen molar-refractivity contribution in [3.63, 3.8) is 0 Å². The number of hydrogen-bond donors (Lipinski definition) is 0. The van der Waals surface area contributed by atoms with E-state index in [0.717, 1.165) is 11.3 Å². The first-order chi connectivity index (χ1) is 10.2. The van der Waals surface area contributed by atoms with Crippen molar-refractivity contribution >= 4 is 50.0 Å². The van der Waals surface area contributed by atoms with Crippen LogP contribution in [-0.2, 0) is 4.79 Å². The molecule has 3 nitrogen and oxygen atoms in total. The topological polar surface area (TPSA) is 32.7 Å². The fourth-order valence-corrected chi connectivity index (χ4v) is 2.83.